The van der Waals surface area contributed by atoms with Gasteiger partial charge in [0.15, 0.2) is 5.78 Å². The summed E-state index contributed by atoms with van der Waals surface area (Å²) in [4.78, 5) is 12.0. The molecule has 0 fully saturated rings. The predicted octanol–water partition coefficient (Wildman–Crippen LogP) is 4.41. The van der Waals surface area contributed by atoms with Gasteiger partial charge in [0.05, 0.1) is 17.1 Å². The Kier molecular flexibility index (Phi) is 4.90. The number of Topliss-reactive ketones (excluding diaryl/α,β-unsaturated/α-hetero) is 1. The van der Waals surface area contributed by atoms with E-state index >= 15 is 0 Å². The van der Waals surface area contributed by atoms with Crippen LogP contribution < -0.4 is 4.74 Å². The van der Waals surface area contributed by atoms with Crippen molar-refractivity contribution in [1.29, 1.82) is 0 Å². The van der Waals surface area contributed by atoms with Crippen molar-refractivity contribution in [3.63, 3.8) is 0 Å². The fraction of sp³-hybridized carbons (Fsp3) is 0.188. The topological polar surface area (TPSA) is 26.3 Å². The van der Waals surface area contributed by atoms with Gasteiger partial charge in [0, 0.05) is 6.42 Å². The van der Waals surface area contributed by atoms with E-state index < -0.39 is 5.82 Å². The molecule has 20 heavy (non-hydrogen) atoms. The zero-order valence-corrected chi connectivity index (χ0v) is 12.6. The second-order valence-corrected chi connectivity index (χ2v) is 5.23. The van der Waals surface area contributed by atoms with Crippen LogP contribution in [0, 0.1) is 5.82 Å². The lowest BCUT2D eigenvalue weighted by Gasteiger charge is -2.05. The average molecular weight is 337 g/mol. The smallest absolute Gasteiger partial charge is 0.166 e. The summed E-state index contributed by atoms with van der Waals surface area (Å²) in [6, 6.07) is 12.3. The first-order chi connectivity index (χ1) is 9.61. The zero-order chi connectivity index (χ0) is 14.5. The molecule has 0 saturated heterocycles. The van der Waals surface area contributed by atoms with Crippen molar-refractivity contribution in [3.8, 4) is 5.75 Å². The highest BCUT2D eigenvalue weighted by Crippen LogP contribution is 2.20. The van der Waals surface area contributed by atoms with Gasteiger partial charge in [-0.25, -0.2) is 4.39 Å². The minimum Gasteiger partial charge on any atom is -0.497 e. The minimum absolute atomic E-state index is 0.132. The second-order valence-electron chi connectivity index (χ2n) is 4.37. The molecule has 2 nitrogen and oxygen atoms in total. The second kappa shape index (κ2) is 6.66. The molecule has 0 bridgehead atoms. The van der Waals surface area contributed by atoms with Crippen LogP contribution in [-0.2, 0) is 6.42 Å². The molecule has 2 aromatic carbocycles. The number of benzene rings is 2. The summed E-state index contributed by atoms with van der Waals surface area (Å²) in [5, 5.41) is 0. The largest absolute Gasteiger partial charge is 0.497 e. The van der Waals surface area contributed by atoms with Crippen LogP contribution in [-0.4, -0.2) is 12.9 Å². The number of carbonyl (C=O) groups is 1. The monoisotopic (exact) mass is 336 g/mol. The van der Waals surface area contributed by atoms with Gasteiger partial charge in [-0.2, -0.15) is 0 Å². The molecule has 0 N–H and O–H groups in total. The number of carbonyl (C=O) groups excluding carboxylic acids is 1. The Labute approximate surface area is 125 Å². The molecule has 0 radical (unpaired) electrons. The molecule has 2 aromatic rings. The van der Waals surface area contributed by atoms with Crippen molar-refractivity contribution in [1.82, 2.24) is 0 Å². The Hall–Kier alpha value is -1.68. The van der Waals surface area contributed by atoms with Crippen LogP contribution in [0.2, 0.25) is 0 Å². The molecule has 0 heterocycles. The summed E-state index contributed by atoms with van der Waals surface area (Å²) < 4.78 is 19.2. The first kappa shape index (κ1) is 14.7. The Morgan fingerprint density at radius 1 is 1.20 bits per heavy atom. The van der Waals surface area contributed by atoms with Crippen molar-refractivity contribution in [2.75, 3.05) is 7.11 Å². The van der Waals surface area contributed by atoms with Gasteiger partial charge in [-0.15, -0.1) is 0 Å². The van der Waals surface area contributed by atoms with Crippen molar-refractivity contribution in [2.24, 2.45) is 0 Å². The molecule has 0 aliphatic carbocycles. The number of halogens is 2. The lowest BCUT2D eigenvalue weighted by Crippen LogP contribution is -2.04. The van der Waals surface area contributed by atoms with E-state index in [1.165, 1.54) is 6.07 Å². The summed E-state index contributed by atoms with van der Waals surface area (Å²) in [6.45, 7) is 0. The maximum atomic E-state index is 13.8. The van der Waals surface area contributed by atoms with E-state index in [1.54, 1.807) is 19.2 Å². The number of ketones is 1. The van der Waals surface area contributed by atoms with Crippen LogP contribution in [0.3, 0.4) is 0 Å². The highest BCUT2D eigenvalue weighted by atomic mass is 79.9. The molecule has 0 atom stereocenters. The van der Waals surface area contributed by atoms with Crippen LogP contribution in [0.4, 0.5) is 4.39 Å². The number of ether oxygens (including phenoxy) is 1. The Morgan fingerprint density at radius 2 is 1.90 bits per heavy atom. The van der Waals surface area contributed by atoms with Gasteiger partial charge in [0.2, 0.25) is 0 Å². The zero-order valence-electron chi connectivity index (χ0n) is 11.0. The standard InChI is InChI=1S/C16H14BrFO2/c1-20-12-8-5-11(6-9-12)7-10-15(19)13-3-2-4-14(17)16(13)18/h2-6,8-9H,7,10H2,1H3. The SMILES string of the molecule is COc1ccc(CCC(=O)c2cccc(Br)c2F)cc1. The van der Waals surface area contributed by atoms with Gasteiger partial charge >= 0.3 is 0 Å². The summed E-state index contributed by atoms with van der Waals surface area (Å²) in [7, 11) is 1.61. The maximum Gasteiger partial charge on any atom is 0.166 e. The first-order valence-electron chi connectivity index (χ1n) is 6.22. The molecule has 0 amide bonds. The summed E-state index contributed by atoms with van der Waals surface area (Å²) in [6.07, 6.45) is 0.856. The van der Waals surface area contributed by atoms with Crippen molar-refractivity contribution >= 4 is 21.7 Å². The van der Waals surface area contributed by atoms with E-state index in [4.69, 9.17) is 4.74 Å². The van der Waals surface area contributed by atoms with E-state index in [2.05, 4.69) is 15.9 Å². The molecule has 2 rings (SSSR count). The Morgan fingerprint density at radius 3 is 2.55 bits per heavy atom. The van der Waals surface area contributed by atoms with E-state index in [0.717, 1.165) is 11.3 Å². The van der Waals surface area contributed by atoms with Crippen molar-refractivity contribution < 1.29 is 13.9 Å². The Bertz CT molecular complexity index is 608. The van der Waals surface area contributed by atoms with Gasteiger partial charge in [0.1, 0.15) is 11.6 Å². The van der Waals surface area contributed by atoms with E-state index in [0.29, 0.717) is 10.9 Å². The highest BCUT2D eigenvalue weighted by molar-refractivity contribution is 9.10. The van der Waals surface area contributed by atoms with Crippen molar-refractivity contribution in [3.05, 3.63) is 63.9 Å². The normalized spacial score (nSPS) is 10.3. The number of hydrogen-bond acceptors (Lipinski definition) is 2. The van der Waals surface area contributed by atoms with Crippen molar-refractivity contribution in [2.45, 2.75) is 12.8 Å². The van der Waals surface area contributed by atoms with Gasteiger partial charge in [0.25, 0.3) is 0 Å². The third-order valence-corrected chi connectivity index (χ3v) is 3.66. The first-order valence-corrected chi connectivity index (χ1v) is 7.01. The molecular formula is C16H14BrFO2. The summed E-state index contributed by atoms with van der Waals surface area (Å²) in [5.41, 5.74) is 1.16. The summed E-state index contributed by atoms with van der Waals surface area (Å²) in [5.74, 6) is 0.0879. The molecular weight excluding hydrogens is 323 g/mol. The lowest BCUT2D eigenvalue weighted by atomic mass is 10.0. The quantitative estimate of drug-likeness (QED) is 0.756. The van der Waals surface area contributed by atoms with Gasteiger partial charge in [-0.05, 0) is 52.2 Å². The van der Waals surface area contributed by atoms with Gasteiger partial charge < -0.3 is 4.74 Å². The fourth-order valence-corrected chi connectivity index (χ4v) is 2.27. The minimum atomic E-state index is -0.493. The predicted molar refractivity (Wildman–Crippen MR) is 79.7 cm³/mol. The number of aryl methyl sites for hydroxylation is 1. The number of methoxy groups -OCH3 is 1. The molecule has 0 aromatic heterocycles. The van der Waals surface area contributed by atoms with Crippen LogP contribution in [0.1, 0.15) is 22.3 Å². The van der Waals surface area contributed by atoms with Gasteiger partial charge in [-0.3, -0.25) is 4.79 Å². The molecule has 0 unspecified atom stereocenters. The third-order valence-electron chi connectivity index (χ3n) is 3.05. The Balaban J connectivity index is 2.02. The van der Waals surface area contributed by atoms with E-state index in [9.17, 15) is 9.18 Å². The molecule has 104 valence electrons. The maximum absolute atomic E-state index is 13.8. The molecule has 0 spiro atoms. The van der Waals surface area contributed by atoms with Crippen LogP contribution in [0.5, 0.6) is 5.75 Å². The molecule has 0 aliphatic heterocycles. The van der Waals surface area contributed by atoms with E-state index in [-0.39, 0.29) is 17.8 Å². The number of hydrogen-bond donors (Lipinski definition) is 0. The molecule has 0 saturated carbocycles. The van der Waals surface area contributed by atoms with Crippen LogP contribution in [0.25, 0.3) is 0 Å². The highest BCUT2D eigenvalue weighted by Gasteiger charge is 2.13. The fourth-order valence-electron chi connectivity index (χ4n) is 1.90. The third kappa shape index (κ3) is 3.45. The van der Waals surface area contributed by atoms with Crippen LogP contribution in [0.15, 0.2) is 46.9 Å². The van der Waals surface area contributed by atoms with Crippen LogP contribution >= 0.6 is 15.9 Å². The molecule has 0 aliphatic rings. The lowest BCUT2D eigenvalue weighted by molar-refractivity contribution is 0.0979. The molecule has 4 heteroatoms. The number of rotatable bonds is 5. The summed E-state index contributed by atoms with van der Waals surface area (Å²) >= 11 is 3.09. The average Bonchev–Trinajstić information content (AvgIpc) is 2.48. The van der Waals surface area contributed by atoms with E-state index in [1.807, 2.05) is 24.3 Å². The van der Waals surface area contributed by atoms with Gasteiger partial charge in [-0.1, -0.05) is 18.2 Å².